The Balaban J connectivity index is 2.17. The molecule has 1 heterocycles. The van der Waals surface area contributed by atoms with Crippen LogP contribution in [-0.2, 0) is 6.42 Å². The van der Waals surface area contributed by atoms with Crippen LogP contribution in [-0.4, -0.2) is 16.5 Å². The average Bonchev–Trinajstić information content (AvgIpc) is 2.48. The van der Waals surface area contributed by atoms with Crippen molar-refractivity contribution in [3.8, 4) is 0 Å². The van der Waals surface area contributed by atoms with E-state index in [1.54, 1.807) is 0 Å². The summed E-state index contributed by atoms with van der Waals surface area (Å²) in [5, 5.41) is 3.42. The molecule has 1 aromatic heterocycles. The maximum Gasteiger partial charge on any atom is 0.222 e. The largest absolute Gasteiger partial charge is 0.370 e. The highest BCUT2D eigenvalue weighted by Crippen LogP contribution is 2.21. The lowest BCUT2D eigenvalue weighted by atomic mass is 10.0. The first-order valence-electron chi connectivity index (χ1n) is 7.61. The summed E-state index contributed by atoms with van der Waals surface area (Å²) in [6.07, 6.45) is 4.40. The summed E-state index contributed by atoms with van der Waals surface area (Å²) in [5.41, 5.74) is 9.12. The molecule has 2 aromatic rings. The number of nitrogens with one attached hydrogen (secondary N) is 1. The third-order valence-electron chi connectivity index (χ3n) is 3.53. The molecule has 112 valence electrons. The smallest absolute Gasteiger partial charge is 0.222 e. The van der Waals surface area contributed by atoms with Gasteiger partial charge in [0.1, 0.15) is 5.82 Å². The second-order valence-corrected chi connectivity index (χ2v) is 5.29. The number of benzene rings is 1. The van der Waals surface area contributed by atoms with E-state index in [0.29, 0.717) is 5.95 Å². The van der Waals surface area contributed by atoms with Crippen LogP contribution in [0, 0.1) is 6.92 Å². The van der Waals surface area contributed by atoms with E-state index >= 15 is 0 Å². The van der Waals surface area contributed by atoms with E-state index in [0.717, 1.165) is 36.5 Å². The normalized spacial score (nSPS) is 10.6. The van der Waals surface area contributed by atoms with Crippen molar-refractivity contribution in [2.24, 2.45) is 0 Å². The lowest BCUT2D eigenvalue weighted by molar-refractivity contribution is 0.741. The molecule has 0 aliphatic carbocycles. The number of aromatic nitrogens is 2. The van der Waals surface area contributed by atoms with Gasteiger partial charge >= 0.3 is 0 Å². The highest BCUT2D eigenvalue weighted by atomic mass is 15.1. The molecule has 0 spiro atoms. The number of nitrogen functional groups attached to an aromatic ring is 1. The molecule has 21 heavy (non-hydrogen) atoms. The van der Waals surface area contributed by atoms with Gasteiger partial charge < -0.3 is 11.1 Å². The molecule has 0 unspecified atom stereocenters. The summed E-state index contributed by atoms with van der Waals surface area (Å²) in [4.78, 5) is 8.68. The average molecular weight is 284 g/mol. The molecule has 0 fully saturated rings. The van der Waals surface area contributed by atoms with Gasteiger partial charge in [0.15, 0.2) is 0 Å². The summed E-state index contributed by atoms with van der Waals surface area (Å²) >= 11 is 0. The summed E-state index contributed by atoms with van der Waals surface area (Å²) in [6.45, 7) is 5.12. The summed E-state index contributed by atoms with van der Waals surface area (Å²) < 4.78 is 0. The standard InChI is InChI=1S/C17H24N4/c1-3-4-8-11-19-16-15(13(2)20-17(18)21-16)12-14-9-6-5-7-10-14/h5-7,9-10H,3-4,8,11-12H2,1-2H3,(H3,18,19,20,21). The first-order valence-corrected chi connectivity index (χ1v) is 7.61. The minimum Gasteiger partial charge on any atom is -0.370 e. The van der Waals surface area contributed by atoms with Crippen LogP contribution in [0.2, 0.25) is 0 Å². The van der Waals surface area contributed by atoms with Gasteiger partial charge in [-0.05, 0) is 18.9 Å². The van der Waals surface area contributed by atoms with E-state index < -0.39 is 0 Å². The topological polar surface area (TPSA) is 63.8 Å². The number of hydrogen-bond acceptors (Lipinski definition) is 4. The van der Waals surface area contributed by atoms with E-state index in [4.69, 9.17) is 5.73 Å². The number of unbranched alkanes of at least 4 members (excludes halogenated alkanes) is 2. The highest BCUT2D eigenvalue weighted by Gasteiger charge is 2.11. The molecule has 0 amide bonds. The Morgan fingerprint density at radius 1 is 1.10 bits per heavy atom. The number of hydrogen-bond donors (Lipinski definition) is 2. The van der Waals surface area contributed by atoms with Crippen LogP contribution in [0.5, 0.6) is 0 Å². The maximum absolute atomic E-state index is 5.79. The molecular formula is C17H24N4. The molecule has 0 saturated carbocycles. The molecule has 1 aromatic carbocycles. The Bertz CT molecular complexity index is 567. The molecular weight excluding hydrogens is 260 g/mol. The van der Waals surface area contributed by atoms with Gasteiger partial charge in [-0.3, -0.25) is 0 Å². The van der Waals surface area contributed by atoms with Crippen molar-refractivity contribution in [2.75, 3.05) is 17.6 Å². The van der Waals surface area contributed by atoms with Gasteiger partial charge in [-0.1, -0.05) is 50.1 Å². The first kappa shape index (κ1) is 15.3. The van der Waals surface area contributed by atoms with Crippen LogP contribution in [0.15, 0.2) is 30.3 Å². The third kappa shape index (κ3) is 4.45. The molecule has 0 saturated heterocycles. The Hall–Kier alpha value is -2.10. The Morgan fingerprint density at radius 2 is 1.86 bits per heavy atom. The summed E-state index contributed by atoms with van der Waals surface area (Å²) in [7, 11) is 0. The van der Waals surface area contributed by atoms with Gasteiger partial charge in [-0.25, -0.2) is 4.98 Å². The fourth-order valence-corrected chi connectivity index (χ4v) is 2.36. The SMILES string of the molecule is CCCCCNc1nc(N)nc(C)c1Cc1ccccc1. The zero-order valence-corrected chi connectivity index (χ0v) is 12.9. The molecule has 0 aliphatic rings. The van der Waals surface area contributed by atoms with Gasteiger partial charge in [-0.2, -0.15) is 4.98 Å². The molecule has 0 bridgehead atoms. The lowest BCUT2D eigenvalue weighted by Gasteiger charge is -2.14. The molecule has 4 heteroatoms. The van der Waals surface area contributed by atoms with Gasteiger partial charge in [0.2, 0.25) is 5.95 Å². The monoisotopic (exact) mass is 284 g/mol. The van der Waals surface area contributed by atoms with Crippen molar-refractivity contribution in [3.63, 3.8) is 0 Å². The van der Waals surface area contributed by atoms with Crippen molar-refractivity contribution in [2.45, 2.75) is 39.5 Å². The molecule has 0 atom stereocenters. The minimum absolute atomic E-state index is 0.335. The van der Waals surface area contributed by atoms with Crippen LogP contribution in [0.4, 0.5) is 11.8 Å². The van der Waals surface area contributed by atoms with Gasteiger partial charge in [0.05, 0.1) is 0 Å². The minimum atomic E-state index is 0.335. The Kier molecular flexibility index (Phi) is 5.55. The number of rotatable bonds is 7. The molecule has 0 aliphatic heterocycles. The van der Waals surface area contributed by atoms with Crippen molar-refractivity contribution in [1.82, 2.24) is 9.97 Å². The molecule has 3 N–H and O–H groups in total. The maximum atomic E-state index is 5.79. The Labute approximate surface area is 126 Å². The van der Waals surface area contributed by atoms with Crippen LogP contribution < -0.4 is 11.1 Å². The fourth-order valence-electron chi connectivity index (χ4n) is 2.36. The predicted molar refractivity (Wildman–Crippen MR) is 88.4 cm³/mol. The number of nitrogens with zero attached hydrogens (tertiary/aromatic N) is 2. The second-order valence-electron chi connectivity index (χ2n) is 5.29. The number of anilines is 2. The van der Waals surface area contributed by atoms with E-state index in [1.807, 2.05) is 13.0 Å². The van der Waals surface area contributed by atoms with Crippen LogP contribution in [0.3, 0.4) is 0 Å². The van der Waals surface area contributed by atoms with Crippen molar-refractivity contribution in [1.29, 1.82) is 0 Å². The molecule has 4 nitrogen and oxygen atoms in total. The van der Waals surface area contributed by atoms with Crippen molar-refractivity contribution in [3.05, 3.63) is 47.2 Å². The van der Waals surface area contributed by atoms with Gasteiger partial charge in [0, 0.05) is 24.2 Å². The van der Waals surface area contributed by atoms with Crippen LogP contribution >= 0.6 is 0 Å². The van der Waals surface area contributed by atoms with E-state index in [9.17, 15) is 0 Å². The zero-order valence-electron chi connectivity index (χ0n) is 12.9. The van der Waals surface area contributed by atoms with Gasteiger partial charge in [0.25, 0.3) is 0 Å². The first-order chi connectivity index (χ1) is 10.2. The van der Waals surface area contributed by atoms with Crippen LogP contribution in [0.1, 0.15) is 43.0 Å². The van der Waals surface area contributed by atoms with E-state index in [-0.39, 0.29) is 0 Å². The highest BCUT2D eigenvalue weighted by molar-refractivity contribution is 5.51. The molecule has 2 rings (SSSR count). The van der Waals surface area contributed by atoms with Gasteiger partial charge in [-0.15, -0.1) is 0 Å². The van der Waals surface area contributed by atoms with Crippen molar-refractivity contribution < 1.29 is 0 Å². The van der Waals surface area contributed by atoms with E-state index in [1.165, 1.54) is 18.4 Å². The van der Waals surface area contributed by atoms with Crippen molar-refractivity contribution >= 4 is 11.8 Å². The molecule has 0 radical (unpaired) electrons. The van der Waals surface area contributed by atoms with E-state index in [2.05, 4.69) is 46.5 Å². The third-order valence-corrected chi connectivity index (χ3v) is 3.53. The quantitative estimate of drug-likeness (QED) is 0.763. The number of nitrogens with two attached hydrogens (primary N) is 1. The second kappa shape index (κ2) is 7.62. The lowest BCUT2D eigenvalue weighted by Crippen LogP contribution is -2.11. The Morgan fingerprint density at radius 3 is 2.57 bits per heavy atom. The fraction of sp³-hybridized carbons (Fsp3) is 0.412. The summed E-state index contributed by atoms with van der Waals surface area (Å²) in [6, 6.07) is 10.4. The predicted octanol–water partition coefficient (Wildman–Crippen LogP) is 3.56. The number of aryl methyl sites for hydroxylation is 1. The summed E-state index contributed by atoms with van der Waals surface area (Å²) in [5.74, 6) is 1.21. The zero-order chi connectivity index (χ0) is 15.1. The van der Waals surface area contributed by atoms with Crippen LogP contribution in [0.25, 0.3) is 0 Å².